The van der Waals surface area contributed by atoms with Crippen LogP contribution in [0.5, 0.6) is 0 Å². The quantitative estimate of drug-likeness (QED) is 0.810. The molecule has 0 bridgehead atoms. The predicted molar refractivity (Wildman–Crippen MR) is 65.6 cm³/mol. The van der Waals surface area contributed by atoms with Gasteiger partial charge in [0, 0.05) is 11.6 Å². The molecule has 0 fully saturated rings. The number of carboxylic acid groups (broad SMARTS) is 1. The third-order valence-electron chi connectivity index (χ3n) is 2.31. The minimum absolute atomic E-state index is 0.0435. The summed E-state index contributed by atoms with van der Waals surface area (Å²) in [6.07, 6.45) is -3.10. The molecule has 1 aromatic rings. The van der Waals surface area contributed by atoms with Crippen molar-refractivity contribution >= 4 is 17.7 Å². The largest absolute Gasteiger partial charge is 0.478 e. The molecule has 0 saturated carbocycles. The number of carbonyl (C=O) groups is 3. The lowest BCUT2D eigenvalue weighted by Crippen LogP contribution is -2.28. The van der Waals surface area contributed by atoms with Crippen molar-refractivity contribution in [2.24, 2.45) is 0 Å². The number of aliphatic carboxylic acids is 1. The van der Waals surface area contributed by atoms with Crippen LogP contribution in [0.2, 0.25) is 0 Å². The first kappa shape index (κ1) is 16.4. The lowest BCUT2D eigenvalue weighted by Gasteiger charge is -2.07. The Morgan fingerprint density at radius 3 is 2.14 bits per heavy atom. The standard InChI is InChI=1S/C13H10F3NO4/c14-13(15,16)9-3-1-8(2-4-9)12(21)17-7-10(18)5-6-11(19)20/h1-6H,7H2,(H,17,21)(H,19,20)/b6-5-. The van der Waals surface area contributed by atoms with Crippen LogP contribution in [0.15, 0.2) is 36.4 Å². The molecule has 1 amide bonds. The second-order valence-corrected chi connectivity index (χ2v) is 3.90. The number of carboxylic acids is 1. The number of ketones is 1. The van der Waals surface area contributed by atoms with Crippen molar-refractivity contribution in [3.05, 3.63) is 47.5 Å². The van der Waals surface area contributed by atoms with E-state index in [9.17, 15) is 27.6 Å². The van der Waals surface area contributed by atoms with E-state index in [1.807, 2.05) is 0 Å². The van der Waals surface area contributed by atoms with Gasteiger partial charge in [-0.1, -0.05) is 0 Å². The Bertz CT molecular complexity index is 576. The maximum absolute atomic E-state index is 12.3. The van der Waals surface area contributed by atoms with Gasteiger partial charge in [-0.15, -0.1) is 0 Å². The molecule has 8 heteroatoms. The summed E-state index contributed by atoms with van der Waals surface area (Å²) in [4.78, 5) is 32.9. The zero-order valence-corrected chi connectivity index (χ0v) is 10.5. The lowest BCUT2D eigenvalue weighted by molar-refractivity contribution is -0.137. The zero-order valence-electron chi connectivity index (χ0n) is 10.5. The highest BCUT2D eigenvalue weighted by atomic mass is 19.4. The summed E-state index contributed by atoms with van der Waals surface area (Å²) < 4.78 is 37.0. The van der Waals surface area contributed by atoms with E-state index in [2.05, 4.69) is 5.32 Å². The molecule has 0 aliphatic carbocycles. The summed E-state index contributed by atoms with van der Waals surface area (Å²) in [6, 6.07) is 3.47. The summed E-state index contributed by atoms with van der Waals surface area (Å²) in [5.74, 6) is -2.70. The number of hydrogen-bond acceptors (Lipinski definition) is 3. The molecule has 2 N–H and O–H groups in total. The van der Waals surface area contributed by atoms with E-state index in [1.165, 1.54) is 0 Å². The summed E-state index contributed by atoms with van der Waals surface area (Å²) in [5, 5.41) is 10.5. The smallest absolute Gasteiger partial charge is 0.416 e. The van der Waals surface area contributed by atoms with Gasteiger partial charge in [-0.05, 0) is 30.3 Å². The third kappa shape index (κ3) is 5.47. The molecule has 1 aromatic carbocycles. The number of halogens is 3. The van der Waals surface area contributed by atoms with Gasteiger partial charge in [0.2, 0.25) is 0 Å². The van der Waals surface area contributed by atoms with Crippen molar-refractivity contribution < 1.29 is 32.7 Å². The second-order valence-electron chi connectivity index (χ2n) is 3.90. The lowest BCUT2D eigenvalue weighted by atomic mass is 10.1. The molecule has 0 heterocycles. The molecule has 0 atom stereocenters. The van der Waals surface area contributed by atoms with E-state index in [0.717, 1.165) is 30.3 Å². The Balaban J connectivity index is 2.60. The van der Waals surface area contributed by atoms with E-state index in [-0.39, 0.29) is 5.56 Å². The van der Waals surface area contributed by atoms with Crippen molar-refractivity contribution in [2.75, 3.05) is 6.54 Å². The fraction of sp³-hybridized carbons (Fsp3) is 0.154. The number of amides is 1. The maximum Gasteiger partial charge on any atom is 0.416 e. The molecule has 0 aliphatic rings. The van der Waals surface area contributed by atoms with E-state index in [0.29, 0.717) is 6.08 Å². The molecule has 0 radical (unpaired) electrons. The Hall–Kier alpha value is -2.64. The van der Waals surface area contributed by atoms with Crippen LogP contribution < -0.4 is 5.32 Å². The average Bonchev–Trinajstić information content (AvgIpc) is 2.41. The Morgan fingerprint density at radius 2 is 1.67 bits per heavy atom. The summed E-state index contributed by atoms with van der Waals surface area (Å²) in [5.41, 5.74) is -0.933. The monoisotopic (exact) mass is 301 g/mol. The normalized spacial score (nSPS) is 11.4. The van der Waals surface area contributed by atoms with Crippen molar-refractivity contribution in [3.8, 4) is 0 Å². The average molecular weight is 301 g/mol. The SMILES string of the molecule is O=C(O)/C=C\C(=O)CNC(=O)c1ccc(C(F)(F)F)cc1. The topological polar surface area (TPSA) is 83.5 Å². The molecule has 0 spiro atoms. The highest BCUT2D eigenvalue weighted by molar-refractivity contribution is 6.00. The van der Waals surface area contributed by atoms with Crippen molar-refractivity contribution in [1.29, 1.82) is 0 Å². The first-order valence-corrected chi connectivity index (χ1v) is 5.59. The number of hydrogen-bond donors (Lipinski definition) is 2. The Morgan fingerprint density at radius 1 is 1.10 bits per heavy atom. The van der Waals surface area contributed by atoms with E-state index >= 15 is 0 Å². The summed E-state index contributed by atoms with van der Waals surface area (Å²) in [7, 11) is 0. The van der Waals surface area contributed by atoms with Crippen LogP contribution in [0.4, 0.5) is 13.2 Å². The van der Waals surface area contributed by atoms with Crippen molar-refractivity contribution in [3.63, 3.8) is 0 Å². The molecule has 1 rings (SSSR count). The number of carbonyl (C=O) groups excluding carboxylic acids is 2. The maximum atomic E-state index is 12.3. The highest BCUT2D eigenvalue weighted by Gasteiger charge is 2.30. The first-order chi connectivity index (χ1) is 9.70. The van der Waals surface area contributed by atoms with Gasteiger partial charge in [-0.25, -0.2) is 4.79 Å². The number of nitrogens with one attached hydrogen (secondary N) is 1. The first-order valence-electron chi connectivity index (χ1n) is 5.59. The Kier molecular flexibility index (Phi) is 5.23. The van der Waals surface area contributed by atoms with Crippen LogP contribution in [-0.4, -0.2) is 29.3 Å². The van der Waals surface area contributed by atoms with E-state index < -0.39 is 35.9 Å². The molecule has 0 unspecified atom stereocenters. The second kappa shape index (κ2) is 6.69. The zero-order chi connectivity index (χ0) is 16.0. The fourth-order valence-electron chi connectivity index (χ4n) is 1.30. The van der Waals surface area contributed by atoms with Crippen LogP contribution in [0.25, 0.3) is 0 Å². The predicted octanol–water partition coefficient (Wildman–Crippen LogP) is 1.65. The van der Waals surface area contributed by atoms with E-state index in [1.54, 1.807) is 0 Å². The molecule has 0 aromatic heterocycles. The van der Waals surface area contributed by atoms with Gasteiger partial charge >= 0.3 is 12.1 Å². The molecule has 0 saturated heterocycles. The molecule has 112 valence electrons. The van der Waals surface area contributed by atoms with Crippen molar-refractivity contribution in [2.45, 2.75) is 6.18 Å². The van der Waals surface area contributed by atoms with Gasteiger partial charge in [-0.3, -0.25) is 9.59 Å². The fourth-order valence-corrected chi connectivity index (χ4v) is 1.30. The number of benzene rings is 1. The molecular formula is C13H10F3NO4. The summed E-state index contributed by atoms with van der Waals surface area (Å²) in [6.45, 7) is -0.455. The minimum atomic E-state index is -4.49. The molecule has 5 nitrogen and oxygen atoms in total. The Labute approximate surface area is 117 Å². The van der Waals surface area contributed by atoms with E-state index in [4.69, 9.17) is 5.11 Å². The van der Waals surface area contributed by atoms with Gasteiger partial charge in [0.15, 0.2) is 5.78 Å². The van der Waals surface area contributed by atoms with Gasteiger partial charge in [0.1, 0.15) is 0 Å². The van der Waals surface area contributed by atoms with Gasteiger partial charge in [0.05, 0.1) is 12.1 Å². The molecular weight excluding hydrogens is 291 g/mol. The minimum Gasteiger partial charge on any atom is -0.478 e. The third-order valence-corrected chi connectivity index (χ3v) is 2.31. The van der Waals surface area contributed by atoms with Crippen LogP contribution in [-0.2, 0) is 15.8 Å². The van der Waals surface area contributed by atoms with Gasteiger partial charge < -0.3 is 10.4 Å². The van der Waals surface area contributed by atoms with Crippen LogP contribution >= 0.6 is 0 Å². The van der Waals surface area contributed by atoms with Crippen LogP contribution in [0, 0.1) is 0 Å². The summed E-state index contributed by atoms with van der Waals surface area (Å²) >= 11 is 0. The number of rotatable bonds is 5. The number of alkyl halides is 3. The highest BCUT2D eigenvalue weighted by Crippen LogP contribution is 2.28. The van der Waals surface area contributed by atoms with Crippen LogP contribution in [0.1, 0.15) is 15.9 Å². The van der Waals surface area contributed by atoms with Crippen molar-refractivity contribution in [1.82, 2.24) is 5.32 Å². The van der Waals surface area contributed by atoms with Gasteiger partial charge in [0.25, 0.3) is 5.91 Å². The van der Waals surface area contributed by atoms with Crippen LogP contribution in [0.3, 0.4) is 0 Å². The molecule has 21 heavy (non-hydrogen) atoms. The van der Waals surface area contributed by atoms with Gasteiger partial charge in [-0.2, -0.15) is 13.2 Å². The molecule has 0 aliphatic heterocycles.